The largest absolute Gasteiger partial charge is 0.293 e. The van der Waals surface area contributed by atoms with Gasteiger partial charge < -0.3 is 0 Å². The number of ketones is 1. The molecule has 2 aliphatic carbocycles. The van der Waals surface area contributed by atoms with Gasteiger partial charge in [0.15, 0.2) is 11.6 Å². The number of carbonyl (C=O) groups excluding carboxylic acids is 1. The van der Waals surface area contributed by atoms with E-state index < -0.39 is 5.83 Å². The van der Waals surface area contributed by atoms with E-state index in [1.165, 1.54) is 6.08 Å². The zero-order valence-electron chi connectivity index (χ0n) is 18.1. The average molecular weight is 426 g/mol. The molecule has 2 heterocycles. The molecule has 0 saturated heterocycles. The smallest absolute Gasteiger partial charge is 0.176 e. The first-order valence-electron chi connectivity index (χ1n) is 10.5. The predicted molar refractivity (Wildman–Crippen MR) is 121 cm³/mol. The molecule has 3 atom stereocenters. The van der Waals surface area contributed by atoms with E-state index in [4.69, 9.17) is 9.97 Å². The molecular weight excluding hydrogens is 403 g/mol. The summed E-state index contributed by atoms with van der Waals surface area (Å²) in [6, 6.07) is 5.72. The van der Waals surface area contributed by atoms with E-state index in [0.29, 0.717) is 17.9 Å². The number of pyridine rings is 1. The Bertz CT molecular complexity index is 1250. The SMILES string of the molecule is C=C/C=C(\C(=C)F)c1nc(-c2ccnc(C)c2)nc2c1CCC1C(C)C(=O)C(C#N)=CC21. The van der Waals surface area contributed by atoms with Gasteiger partial charge in [0.2, 0.25) is 0 Å². The standard InChI is InChI=1S/C26H23FN4O/c1-5-6-20(16(4)27)23-21-8-7-19-15(3)25(32)18(13-28)12-22(19)24(21)31-26(30-23)17-9-10-29-14(2)11-17/h5-6,9-12,15,19,22H,1,4,7-8H2,2-3H3/b20-6+. The Morgan fingerprint density at radius 1 is 1.38 bits per heavy atom. The Morgan fingerprint density at radius 2 is 2.16 bits per heavy atom. The first kappa shape index (κ1) is 21.5. The van der Waals surface area contributed by atoms with Gasteiger partial charge in [-0.2, -0.15) is 5.26 Å². The third-order valence-corrected chi connectivity index (χ3v) is 6.32. The molecule has 2 aliphatic rings. The summed E-state index contributed by atoms with van der Waals surface area (Å²) < 4.78 is 14.5. The molecule has 0 aromatic carbocycles. The molecule has 5 nitrogen and oxygen atoms in total. The van der Waals surface area contributed by atoms with Gasteiger partial charge in [0.1, 0.15) is 11.9 Å². The number of hydrogen-bond donors (Lipinski definition) is 0. The van der Waals surface area contributed by atoms with Crippen LogP contribution in [0.15, 0.2) is 61.1 Å². The average Bonchev–Trinajstić information content (AvgIpc) is 2.78. The second-order valence-electron chi connectivity index (χ2n) is 8.24. The van der Waals surface area contributed by atoms with Crippen molar-refractivity contribution in [1.29, 1.82) is 5.26 Å². The number of Topliss-reactive ketones (excluding diaryl/α,β-unsaturated/α-hetero) is 1. The lowest BCUT2D eigenvalue weighted by Crippen LogP contribution is -2.35. The maximum absolute atomic E-state index is 14.5. The summed E-state index contributed by atoms with van der Waals surface area (Å²) in [6.45, 7) is 10.9. The zero-order valence-corrected chi connectivity index (χ0v) is 18.1. The number of aromatic nitrogens is 3. The van der Waals surface area contributed by atoms with Crippen LogP contribution in [0.25, 0.3) is 17.0 Å². The van der Waals surface area contributed by atoms with Crippen LogP contribution in [0.3, 0.4) is 0 Å². The number of hydrogen-bond acceptors (Lipinski definition) is 5. The second-order valence-corrected chi connectivity index (χ2v) is 8.24. The number of nitrogens with zero attached hydrogens (tertiary/aromatic N) is 4. The van der Waals surface area contributed by atoms with E-state index in [-0.39, 0.29) is 34.7 Å². The van der Waals surface area contributed by atoms with Crippen molar-refractivity contribution in [3.63, 3.8) is 0 Å². The molecule has 0 spiro atoms. The van der Waals surface area contributed by atoms with Crippen LogP contribution in [0.4, 0.5) is 4.39 Å². The van der Waals surface area contributed by atoms with E-state index in [9.17, 15) is 14.4 Å². The molecule has 2 aromatic rings. The van der Waals surface area contributed by atoms with Crippen LogP contribution in [0.5, 0.6) is 0 Å². The van der Waals surface area contributed by atoms with Crippen molar-refractivity contribution < 1.29 is 9.18 Å². The van der Waals surface area contributed by atoms with E-state index in [0.717, 1.165) is 28.9 Å². The number of fused-ring (bicyclic) bond motifs is 3. The topological polar surface area (TPSA) is 79.5 Å². The van der Waals surface area contributed by atoms with Crippen LogP contribution in [0.2, 0.25) is 0 Å². The summed E-state index contributed by atoms with van der Waals surface area (Å²) in [6.07, 6.45) is 7.80. The molecule has 0 bridgehead atoms. The highest BCUT2D eigenvalue weighted by atomic mass is 19.1. The molecule has 160 valence electrons. The van der Waals surface area contributed by atoms with Gasteiger partial charge in [-0.25, -0.2) is 14.4 Å². The van der Waals surface area contributed by atoms with Crippen molar-refractivity contribution in [3.05, 3.63) is 83.8 Å². The summed E-state index contributed by atoms with van der Waals surface area (Å²) in [5.74, 6) is -0.759. The molecule has 2 aromatic heterocycles. The molecule has 0 saturated carbocycles. The van der Waals surface area contributed by atoms with Crippen molar-refractivity contribution in [1.82, 2.24) is 15.0 Å². The second kappa shape index (κ2) is 8.43. The lowest BCUT2D eigenvalue weighted by molar-refractivity contribution is -0.120. The van der Waals surface area contributed by atoms with Crippen LogP contribution in [0.1, 0.15) is 41.9 Å². The Balaban J connectivity index is 2.02. The Morgan fingerprint density at radius 3 is 2.81 bits per heavy atom. The number of allylic oxidation sites excluding steroid dienone is 6. The Labute approximate surface area is 186 Å². The van der Waals surface area contributed by atoms with Crippen molar-refractivity contribution >= 4 is 11.4 Å². The highest BCUT2D eigenvalue weighted by molar-refractivity contribution is 6.01. The van der Waals surface area contributed by atoms with Crippen LogP contribution in [0, 0.1) is 30.1 Å². The van der Waals surface area contributed by atoms with Crippen molar-refractivity contribution in [2.75, 3.05) is 0 Å². The van der Waals surface area contributed by atoms with E-state index >= 15 is 0 Å². The van der Waals surface area contributed by atoms with Crippen LogP contribution in [-0.4, -0.2) is 20.7 Å². The third kappa shape index (κ3) is 3.60. The summed E-state index contributed by atoms with van der Waals surface area (Å²) >= 11 is 0. The zero-order chi connectivity index (χ0) is 23.0. The normalized spacial score (nSPS) is 22.3. The van der Waals surface area contributed by atoms with Crippen LogP contribution in [-0.2, 0) is 11.2 Å². The van der Waals surface area contributed by atoms with Crippen molar-refractivity contribution in [2.24, 2.45) is 11.8 Å². The molecular formula is C26H23FN4O. The molecule has 0 radical (unpaired) electrons. The molecule has 4 rings (SSSR count). The van der Waals surface area contributed by atoms with Gasteiger partial charge in [0, 0.05) is 40.4 Å². The number of nitriles is 1. The fourth-order valence-corrected chi connectivity index (χ4v) is 4.73. The quantitative estimate of drug-likeness (QED) is 0.627. The molecule has 3 unspecified atom stereocenters. The molecule has 32 heavy (non-hydrogen) atoms. The van der Waals surface area contributed by atoms with Gasteiger partial charge in [-0.3, -0.25) is 9.78 Å². The number of aryl methyl sites for hydroxylation is 1. The molecule has 0 amide bonds. The maximum Gasteiger partial charge on any atom is 0.176 e. The Kier molecular flexibility index (Phi) is 5.67. The minimum Gasteiger partial charge on any atom is -0.293 e. The summed E-state index contributed by atoms with van der Waals surface area (Å²) in [5.41, 5.74) is 4.01. The highest BCUT2D eigenvalue weighted by Gasteiger charge is 2.42. The van der Waals surface area contributed by atoms with Gasteiger partial charge >= 0.3 is 0 Å². The predicted octanol–water partition coefficient (Wildman–Crippen LogP) is 5.21. The Hall–Kier alpha value is -3.72. The lowest BCUT2D eigenvalue weighted by atomic mass is 9.66. The number of carbonyl (C=O) groups is 1. The molecule has 0 N–H and O–H groups in total. The summed E-state index contributed by atoms with van der Waals surface area (Å²) in [4.78, 5) is 26.5. The van der Waals surface area contributed by atoms with Crippen LogP contribution < -0.4 is 0 Å². The lowest BCUT2D eigenvalue weighted by Gasteiger charge is -2.38. The van der Waals surface area contributed by atoms with Gasteiger partial charge in [0.25, 0.3) is 0 Å². The van der Waals surface area contributed by atoms with Gasteiger partial charge in [0.05, 0.1) is 17.0 Å². The molecule has 6 heteroatoms. The fourth-order valence-electron chi connectivity index (χ4n) is 4.73. The van der Waals surface area contributed by atoms with E-state index in [1.807, 2.05) is 32.0 Å². The van der Waals surface area contributed by atoms with Crippen molar-refractivity contribution in [2.45, 2.75) is 32.6 Å². The minimum atomic E-state index is -0.606. The maximum atomic E-state index is 14.5. The summed E-state index contributed by atoms with van der Waals surface area (Å²) in [5, 5.41) is 9.51. The minimum absolute atomic E-state index is 0.0299. The van der Waals surface area contributed by atoms with Gasteiger partial charge in [-0.1, -0.05) is 38.3 Å². The first-order valence-corrected chi connectivity index (χ1v) is 10.5. The molecule has 0 aliphatic heterocycles. The van der Waals surface area contributed by atoms with Crippen molar-refractivity contribution in [3.8, 4) is 17.5 Å². The fraction of sp³-hybridized carbons (Fsp3) is 0.269. The van der Waals surface area contributed by atoms with Crippen LogP contribution >= 0.6 is 0 Å². The third-order valence-electron chi connectivity index (χ3n) is 6.32. The molecule has 0 fully saturated rings. The number of halogens is 1. The van der Waals surface area contributed by atoms with E-state index in [1.54, 1.807) is 18.3 Å². The summed E-state index contributed by atoms with van der Waals surface area (Å²) in [7, 11) is 0. The van der Waals surface area contributed by atoms with Gasteiger partial charge in [-0.05, 0) is 37.8 Å². The van der Waals surface area contributed by atoms with Gasteiger partial charge in [-0.15, -0.1) is 0 Å². The monoisotopic (exact) mass is 426 g/mol. The highest BCUT2D eigenvalue weighted by Crippen LogP contribution is 2.46. The first-order chi connectivity index (χ1) is 15.3. The van der Waals surface area contributed by atoms with E-state index in [2.05, 4.69) is 18.1 Å². The number of rotatable bonds is 4.